The van der Waals surface area contributed by atoms with Crippen molar-refractivity contribution in [1.82, 2.24) is 0 Å². The van der Waals surface area contributed by atoms with Gasteiger partial charge in [-0.2, -0.15) is 0 Å². The predicted molar refractivity (Wildman–Crippen MR) is 76.5 cm³/mol. The summed E-state index contributed by atoms with van der Waals surface area (Å²) < 4.78 is 22.6. The quantitative estimate of drug-likeness (QED) is 0.787. The fourth-order valence-electron chi connectivity index (χ4n) is 2.07. The Balaban J connectivity index is 2.39. The molecule has 1 heterocycles. The van der Waals surface area contributed by atoms with Gasteiger partial charge in [-0.3, -0.25) is 4.79 Å². The second-order valence-corrected chi connectivity index (χ2v) is 8.01. The van der Waals surface area contributed by atoms with Crippen molar-refractivity contribution in [3.8, 4) is 0 Å². The van der Waals surface area contributed by atoms with E-state index in [9.17, 15) is 13.2 Å². The summed E-state index contributed by atoms with van der Waals surface area (Å²) in [7, 11) is 1.57. The predicted octanol–water partition coefficient (Wildman–Crippen LogP) is 2.63. The van der Waals surface area contributed by atoms with Crippen LogP contribution >= 0.6 is 22.3 Å². The van der Waals surface area contributed by atoms with E-state index in [4.69, 9.17) is 22.3 Å². The van der Waals surface area contributed by atoms with E-state index in [-0.39, 0.29) is 18.9 Å². The van der Waals surface area contributed by atoms with E-state index in [1.165, 1.54) is 4.90 Å². The van der Waals surface area contributed by atoms with Crippen LogP contribution in [0.4, 0.5) is 5.69 Å². The number of hydrogen-bond donors (Lipinski definition) is 0. The van der Waals surface area contributed by atoms with Crippen LogP contribution < -0.4 is 4.90 Å². The first-order valence-electron chi connectivity index (χ1n) is 5.70. The maximum Gasteiger partial charge on any atom is 0.237 e. The van der Waals surface area contributed by atoms with Crippen LogP contribution in [0.1, 0.15) is 17.5 Å². The van der Waals surface area contributed by atoms with Gasteiger partial charge in [0.05, 0.1) is 10.7 Å². The van der Waals surface area contributed by atoms with Crippen LogP contribution in [0.3, 0.4) is 0 Å². The molecule has 1 aromatic rings. The molecular weight excluding hydrogens is 309 g/mol. The Bertz CT molecular complexity index is 643. The lowest BCUT2D eigenvalue weighted by atomic mass is 10.1. The fraction of sp³-hybridized carbons (Fsp3) is 0.417. The number of anilines is 1. The van der Waals surface area contributed by atoms with Gasteiger partial charge in [0.2, 0.25) is 15.0 Å². The van der Waals surface area contributed by atoms with Gasteiger partial charge in [0.1, 0.15) is 5.25 Å². The van der Waals surface area contributed by atoms with E-state index in [0.717, 1.165) is 11.1 Å². The summed E-state index contributed by atoms with van der Waals surface area (Å²) in [6, 6.07) is 3.56. The summed E-state index contributed by atoms with van der Waals surface area (Å²) in [5.41, 5.74) is 2.55. The number of aryl methyl sites for hydroxylation is 2. The Morgan fingerprint density at radius 1 is 1.26 bits per heavy atom. The van der Waals surface area contributed by atoms with Crippen LogP contribution in [0, 0.1) is 13.8 Å². The van der Waals surface area contributed by atoms with Gasteiger partial charge in [-0.15, -0.1) is 0 Å². The number of carbonyl (C=O) groups is 1. The molecular formula is C12H13Cl2NO3S. The molecule has 1 aromatic carbocycles. The molecule has 0 aromatic heterocycles. The van der Waals surface area contributed by atoms with Crippen molar-refractivity contribution in [3.05, 3.63) is 28.3 Å². The summed E-state index contributed by atoms with van der Waals surface area (Å²) in [6.07, 6.45) is -0.102. The van der Waals surface area contributed by atoms with Crippen molar-refractivity contribution in [2.24, 2.45) is 0 Å². The molecule has 1 aliphatic heterocycles. The number of nitrogens with zero attached hydrogens (tertiary/aromatic N) is 1. The third-order valence-corrected chi connectivity index (χ3v) is 5.51. The first kappa shape index (κ1) is 14.6. The third kappa shape index (κ3) is 2.88. The zero-order chi connectivity index (χ0) is 14.4. The van der Waals surface area contributed by atoms with Crippen LogP contribution in [0.5, 0.6) is 0 Å². The van der Waals surface area contributed by atoms with Crippen LogP contribution in [-0.2, 0) is 13.8 Å². The highest BCUT2D eigenvalue weighted by Gasteiger charge is 2.38. The molecule has 19 heavy (non-hydrogen) atoms. The minimum absolute atomic E-state index is 0.0485. The molecule has 1 fully saturated rings. The first-order chi connectivity index (χ1) is 8.70. The first-order valence-corrected chi connectivity index (χ1v) is 8.46. The molecule has 0 radical (unpaired) electrons. The fourth-order valence-corrected chi connectivity index (χ4v) is 3.42. The van der Waals surface area contributed by atoms with Gasteiger partial charge in [-0.05, 0) is 37.1 Å². The minimum atomic E-state index is -3.74. The summed E-state index contributed by atoms with van der Waals surface area (Å²) in [5.74, 6) is -0.278. The number of amides is 1. The SMILES string of the molecule is Cc1cc(Cl)c(N2CC(S(=O)(=O)Cl)CC2=O)cc1C. The minimum Gasteiger partial charge on any atom is -0.310 e. The number of rotatable bonds is 2. The lowest BCUT2D eigenvalue weighted by Gasteiger charge is -2.19. The van der Waals surface area contributed by atoms with Crippen molar-refractivity contribution in [1.29, 1.82) is 0 Å². The Hall–Kier alpha value is -0.780. The Kier molecular flexibility index (Phi) is 3.82. The molecule has 1 atom stereocenters. The second-order valence-electron chi connectivity index (χ2n) is 4.69. The van der Waals surface area contributed by atoms with E-state index in [1.807, 2.05) is 13.8 Å². The zero-order valence-corrected chi connectivity index (χ0v) is 12.8. The molecule has 1 saturated heterocycles. The highest BCUT2D eigenvalue weighted by atomic mass is 35.7. The zero-order valence-electron chi connectivity index (χ0n) is 10.5. The van der Waals surface area contributed by atoms with E-state index >= 15 is 0 Å². The van der Waals surface area contributed by atoms with E-state index in [1.54, 1.807) is 12.1 Å². The van der Waals surface area contributed by atoms with Gasteiger partial charge in [-0.1, -0.05) is 11.6 Å². The molecule has 2 rings (SSSR count). The Morgan fingerprint density at radius 2 is 1.84 bits per heavy atom. The van der Waals surface area contributed by atoms with E-state index in [2.05, 4.69) is 0 Å². The van der Waals surface area contributed by atoms with Gasteiger partial charge in [0.15, 0.2) is 0 Å². The molecule has 1 amide bonds. The topological polar surface area (TPSA) is 54.5 Å². The summed E-state index contributed by atoms with van der Waals surface area (Å²) in [5, 5.41) is -0.441. The van der Waals surface area contributed by atoms with Crippen molar-refractivity contribution >= 4 is 42.9 Å². The lowest BCUT2D eigenvalue weighted by Crippen LogP contribution is -2.27. The summed E-state index contributed by atoms with van der Waals surface area (Å²) in [6.45, 7) is 3.88. The van der Waals surface area contributed by atoms with E-state index < -0.39 is 14.3 Å². The number of benzene rings is 1. The highest BCUT2D eigenvalue weighted by Crippen LogP contribution is 2.33. The Morgan fingerprint density at radius 3 is 2.37 bits per heavy atom. The molecule has 1 aliphatic rings. The maximum absolute atomic E-state index is 11.9. The van der Waals surface area contributed by atoms with Gasteiger partial charge < -0.3 is 4.90 Å². The maximum atomic E-state index is 11.9. The largest absolute Gasteiger partial charge is 0.310 e. The second kappa shape index (κ2) is 4.96. The van der Waals surface area contributed by atoms with Crippen molar-refractivity contribution in [2.45, 2.75) is 25.5 Å². The van der Waals surface area contributed by atoms with Gasteiger partial charge in [0.25, 0.3) is 0 Å². The number of carbonyl (C=O) groups excluding carboxylic acids is 1. The lowest BCUT2D eigenvalue weighted by molar-refractivity contribution is -0.117. The van der Waals surface area contributed by atoms with E-state index in [0.29, 0.717) is 10.7 Å². The van der Waals surface area contributed by atoms with Crippen LogP contribution in [-0.4, -0.2) is 26.1 Å². The molecule has 0 aliphatic carbocycles. The van der Waals surface area contributed by atoms with Gasteiger partial charge in [0, 0.05) is 23.6 Å². The van der Waals surface area contributed by atoms with Crippen LogP contribution in [0.2, 0.25) is 5.02 Å². The number of hydrogen-bond acceptors (Lipinski definition) is 3. The Labute approximate surface area is 121 Å². The average molecular weight is 322 g/mol. The standard InChI is InChI=1S/C12H13Cl2NO3S/c1-7-3-10(13)11(4-8(7)2)15-6-9(5-12(15)16)19(14,17)18/h3-4,9H,5-6H2,1-2H3. The molecule has 0 bridgehead atoms. The van der Waals surface area contributed by atoms with Crippen LogP contribution in [0.15, 0.2) is 12.1 Å². The van der Waals surface area contributed by atoms with Crippen molar-refractivity contribution < 1.29 is 13.2 Å². The van der Waals surface area contributed by atoms with Crippen molar-refractivity contribution in [2.75, 3.05) is 11.4 Å². The highest BCUT2D eigenvalue weighted by molar-refractivity contribution is 8.14. The number of halogens is 2. The molecule has 7 heteroatoms. The average Bonchev–Trinajstić information content (AvgIpc) is 2.65. The molecule has 0 spiro atoms. The molecule has 1 unspecified atom stereocenters. The van der Waals surface area contributed by atoms with Crippen molar-refractivity contribution in [3.63, 3.8) is 0 Å². The third-order valence-electron chi connectivity index (χ3n) is 3.34. The summed E-state index contributed by atoms with van der Waals surface area (Å²) in [4.78, 5) is 13.3. The van der Waals surface area contributed by atoms with Gasteiger partial charge >= 0.3 is 0 Å². The monoisotopic (exact) mass is 321 g/mol. The molecule has 4 nitrogen and oxygen atoms in total. The smallest absolute Gasteiger partial charge is 0.237 e. The summed E-state index contributed by atoms with van der Waals surface area (Å²) >= 11 is 6.13. The molecule has 104 valence electrons. The molecule has 0 saturated carbocycles. The van der Waals surface area contributed by atoms with Gasteiger partial charge in [-0.25, -0.2) is 8.42 Å². The normalized spacial score (nSPS) is 20.1. The molecule has 0 N–H and O–H groups in total. The van der Waals surface area contributed by atoms with Crippen LogP contribution in [0.25, 0.3) is 0 Å².